The van der Waals surface area contributed by atoms with Gasteiger partial charge in [0.2, 0.25) is 0 Å². The molecule has 2 amide bonds. The van der Waals surface area contributed by atoms with Crippen molar-refractivity contribution < 1.29 is 22.5 Å². The number of benzene rings is 1. The summed E-state index contributed by atoms with van der Waals surface area (Å²) in [5.41, 5.74) is 1.55. The number of carbonyl (C=O) groups excluding carboxylic acids is 1. The molecule has 1 rings (SSSR count). The average Bonchev–Trinajstić information content (AvgIpc) is 2.81. The molecule has 0 heterocycles. The first-order valence-corrected chi connectivity index (χ1v) is 18.4. The van der Waals surface area contributed by atoms with E-state index in [-0.39, 0.29) is 6.03 Å². The summed E-state index contributed by atoms with van der Waals surface area (Å²) in [7, 11) is -4.24. The molecular weight excluding hydrogens is 513 g/mol. The number of urea groups is 1. The van der Waals surface area contributed by atoms with Crippen LogP contribution in [-0.4, -0.2) is 67.8 Å². The Hall–Kier alpha value is -1.55. The first-order chi connectivity index (χ1) is 17.2. The lowest BCUT2D eigenvalue weighted by Gasteiger charge is -2.28. The molecule has 0 radical (unpaired) electrons. The normalized spacial score (nSPS) is 11.7. The van der Waals surface area contributed by atoms with Crippen LogP contribution in [0.25, 0.3) is 0 Å². The molecule has 9 nitrogen and oxygen atoms in total. The highest BCUT2D eigenvalue weighted by atomic mass is 32.1. The molecule has 12 heteroatoms. The Morgan fingerprint density at radius 3 is 1.75 bits per heavy atom. The maximum Gasteiger partial charge on any atom is 0.500 e. The van der Waals surface area contributed by atoms with Crippen LogP contribution in [0.5, 0.6) is 0 Å². The molecule has 36 heavy (non-hydrogen) atoms. The molecule has 1 aromatic rings. The molecule has 4 N–H and O–H groups in total. The molecule has 0 aromatic heterocycles. The van der Waals surface area contributed by atoms with E-state index in [4.69, 9.17) is 29.9 Å². The summed E-state index contributed by atoms with van der Waals surface area (Å²) in [5, 5.41) is 12.7. The molecule has 0 aliphatic rings. The minimum Gasteiger partial charge on any atom is -0.418 e. The van der Waals surface area contributed by atoms with E-state index >= 15 is 0 Å². The zero-order valence-electron chi connectivity index (χ0n) is 22.8. The fourth-order valence-electron chi connectivity index (χ4n) is 3.67. The summed E-state index contributed by atoms with van der Waals surface area (Å²) in [6, 6.07) is 8.95. The number of carbonyl (C=O) groups is 1. The maximum atomic E-state index is 12.2. The predicted octanol–water partition coefficient (Wildman–Crippen LogP) is 5.16. The standard InChI is InChI=1S/C24H46N4O5SSi2/c1-7-30-35(5,6)19-11-17-25-23(29)27-21-13-15-22(16-14-21)28-24(34)26-18-12-20-36(31-8-2,32-9-3)33-10-4/h13-16H,7-12,17-20H2,1-6H3,(H2,25,27,29)(H2,26,28,34). The Balaban J connectivity index is 2.36. The van der Waals surface area contributed by atoms with Gasteiger partial charge in [0.05, 0.1) is 0 Å². The summed E-state index contributed by atoms with van der Waals surface area (Å²) in [5.74, 6) is 0. The lowest BCUT2D eigenvalue weighted by molar-refractivity contribution is 0.0709. The smallest absolute Gasteiger partial charge is 0.418 e. The van der Waals surface area contributed by atoms with Gasteiger partial charge < -0.3 is 39.0 Å². The van der Waals surface area contributed by atoms with Crippen LogP contribution in [0.15, 0.2) is 24.3 Å². The first-order valence-electron chi connectivity index (χ1n) is 12.9. The van der Waals surface area contributed by atoms with Crippen LogP contribution >= 0.6 is 12.2 Å². The van der Waals surface area contributed by atoms with Crippen molar-refractivity contribution in [3.63, 3.8) is 0 Å². The Labute approximate surface area is 224 Å². The van der Waals surface area contributed by atoms with Crippen molar-refractivity contribution in [1.29, 1.82) is 0 Å². The third-order valence-corrected chi connectivity index (χ3v) is 11.2. The monoisotopic (exact) mass is 558 g/mol. The van der Waals surface area contributed by atoms with Gasteiger partial charge in [-0.25, -0.2) is 4.79 Å². The number of anilines is 2. The van der Waals surface area contributed by atoms with Gasteiger partial charge in [0, 0.05) is 56.9 Å². The van der Waals surface area contributed by atoms with Crippen LogP contribution in [-0.2, 0) is 17.7 Å². The van der Waals surface area contributed by atoms with Gasteiger partial charge in [-0.15, -0.1) is 0 Å². The summed E-state index contributed by atoms with van der Waals surface area (Å²) < 4.78 is 23.5. The van der Waals surface area contributed by atoms with Crippen LogP contribution in [0, 0.1) is 0 Å². The van der Waals surface area contributed by atoms with E-state index in [2.05, 4.69) is 34.4 Å². The fraction of sp³-hybridized carbons (Fsp3) is 0.667. The van der Waals surface area contributed by atoms with Gasteiger partial charge in [-0.3, -0.25) is 0 Å². The second-order valence-electron chi connectivity index (χ2n) is 8.72. The van der Waals surface area contributed by atoms with Gasteiger partial charge in [0.15, 0.2) is 13.4 Å². The van der Waals surface area contributed by atoms with Crippen LogP contribution in [0.2, 0.25) is 25.2 Å². The second-order valence-corrected chi connectivity index (χ2v) is 16.2. The third kappa shape index (κ3) is 13.7. The topological polar surface area (TPSA) is 102 Å². The van der Waals surface area contributed by atoms with Gasteiger partial charge in [-0.1, -0.05) is 0 Å². The van der Waals surface area contributed by atoms with Crippen LogP contribution in [0.1, 0.15) is 40.5 Å². The molecule has 0 unspecified atom stereocenters. The van der Waals surface area contributed by atoms with E-state index in [1.165, 1.54) is 0 Å². The molecule has 0 saturated heterocycles. The molecule has 0 aliphatic heterocycles. The average molecular weight is 559 g/mol. The maximum absolute atomic E-state index is 12.2. The SMILES string of the molecule is CCO[Si](C)(C)CCCNC(=O)Nc1ccc(NC(=S)NCCC[Si](OCC)(OCC)OCC)cc1. The lowest BCUT2D eigenvalue weighted by atomic mass is 10.3. The van der Waals surface area contributed by atoms with Crippen molar-refractivity contribution in [2.45, 2.75) is 65.7 Å². The molecule has 0 spiro atoms. The molecule has 1 aromatic carbocycles. The van der Waals surface area contributed by atoms with Crippen molar-refractivity contribution in [2.75, 3.05) is 50.2 Å². The zero-order valence-corrected chi connectivity index (χ0v) is 25.6. The van der Waals surface area contributed by atoms with Gasteiger partial charge in [-0.2, -0.15) is 0 Å². The minimum absolute atomic E-state index is 0.213. The summed E-state index contributed by atoms with van der Waals surface area (Å²) in [4.78, 5) is 12.2. The van der Waals surface area contributed by atoms with Crippen LogP contribution < -0.4 is 21.3 Å². The Morgan fingerprint density at radius 1 is 0.750 bits per heavy atom. The van der Waals surface area contributed by atoms with E-state index in [9.17, 15) is 4.79 Å². The largest absolute Gasteiger partial charge is 0.500 e. The second kappa shape index (κ2) is 17.8. The number of rotatable bonds is 18. The zero-order chi connectivity index (χ0) is 26.9. The number of nitrogens with one attached hydrogen (secondary N) is 4. The Kier molecular flexibility index (Phi) is 16.1. The van der Waals surface area contributed by atoms with Crippen molar-refractivity contribution in [3.05, 3.63) is 24.3 Å². The number of hydrogen-bond donors (Lipinski definition) is 4. The van der Waals surface area contributed by atoms with Crippen molar-refractivity contribution in [2.24, 2.45) is 0 Å². The van der Waals surface area contributed by atoms with Gasteiger partial charge in [0.25, 0.3) is 0 Å². The molecule has 0 aliphatic carbocycles. The highest BCUT2D eigenvalue weighted by Gasteiger charge is 2.39. The van der Waals surface area contributed by atoms with E-state index in [1.807, 2.05) is 52.0 Å². The minimum atomic E-state index is -2.63. The number of hydrogen-bond acceptors (Lipinski definition) is 6. The molecule has 0 saturated carbocycles. The molecule has 0 bridgehead atoms. The van der Waals surface area contributed by atoms with E-state index in [0.717, 1.165) is 37.2 Å². The molecule has 0 atom stereocenters. The van der Waals surface area contributed by atoms with E-state index in [0.29, 0.717) is 43.7 Å². The summed E-state index contributed by atoms with van der Waals surface area (Å²) in [6.07, 6.45) is 1.73. The van der Waals surface area contributed by atoms with Crippen LogP contribution in [0.3, 0.4) is 0 Å². The quantitative estimate of drug-likeness (QED) is 0.111. The Bertz CT molecular complexity index is 754. The van der Waals surface area contributed by atoms with Gasteiger partial charge >= 0.3 is 14.8 Å². The Morgan fingerprint density at radius 2 is 1.22 bits per heavy atom. The molecule has 0 fully saturated rings. The molecular formula is C24H46N4O5SSi2. The van der Waals surface area contributed by atoms with Gasteiger partial charge in [-0.05, 0) is 96.2 Å². The first kappa shape index (κ1) is 32.5. The summed E-state index contributed by atoms with van der Waals surface area (Å²) >= 11 is 5.41. The van der Waals surface area contributed by atoms with E-state index < -0.39 is 17.1 Å². The van der Waals surface area contributed by atoms with Crippen molar-refractivity contribution in [3.8, 4) is 0 Å². The highest BCUT2D eigenvalue weighted by molar-refractivity contribution is 7.80. The van der Waals surface area contributed by atoms with Crippen molar-refractivity contribution in [1.82, 2.24) is 10.6 Å². The highest BCUT2D eigenvalue weighted by Crippen LogP contribution is 2.18. The van der Waals surface area contributed by atoms with Gasteiger partial charge in [0.1, 0.15) is 0 Å². The molecule has 206 valence electrons. The fourth-order valence-corrected chi connectivity index (χ4v) is 8.46. The predicted molar refractivity (Wildman–Crippen MR) is 156 cm³/mol. The number of thiocarbonyl (C=S) groups is 1. The van der Waals surface area contributed by atoms with Crippen LogP contribution in [0.4, 0.5) is 16.2 Å². The number of amides is 2. The van der Waals surface area contributed by atoms with E-state index in [1.54, 1.807) is 0 Å². The van der Waals surface area contributed by atoms with Crippen molar-refractivity contribution >= 4 is 51.9 Å². The summed E-state index contributed by atoms with van der Waals surface area (Å²) in [6.45, 7) is 16.1. The third-order valence-electron chi connectivity index (χ3n) is 5.21. The lowest BCUT2D eigenvalue weighted by Crippen LogP contribution is -2.46.